The van der Waals surface area contributed by atoms with Crippen LogP contribution < -0.4 is 4.74 Å². The fourth-order valence-corrected chi connectivity index (χ4v) is 4.12. The number of likely N-dealkylation sites (tertiary alicyclic amines) is 1. The smallest absolute Gasteiger partial charge is 0.414 e. The van der Waals surface area contributed by atoms with Gasteiger partial charge in [-0.1, -0.05) is 62.2 Å². The zero-order chi connectivity index (χ0) is 24.8. The summed E-state index contributed by atoms with van der Waals surface area (Å²) in [5.74, 6) is -2.10. The topological polar surface area (TPSA) is 96.3 Å². The summed E-state index contributed by atoms with van der Waals surface area (Å²) in [4.78, 5) is 20.8. The summed E-state index contributed by atoms with van der Waals surface area (Å²) < 4.78 is 11.8. The van der Waals surface area contributed by atoms with Gasteiger partial charge in [-0.2, -0.15) is 0 Å². The van der Waals surface area contributed by atoms with Crippen LogP contribution in [0, 0.1) is 5.92 Å². The van der Waals surface area contributed by atoms with Gasteiger partial charge >= 0.3 is 11.9 Å². The molecule has 7 nitrogen and oxygen atoms in total. The van der Waals surface area contributed by atoms with Crippen molar-refractivity contribution in [3.63, 3.8) is 0 Å². The van der Waals surface area contributed by atoms with E-state index in [0.29, 0.717) is 12.0 Å². The number of piperidine rings is 1. The summed E-state index contributed by atoms with van der Waals surface area (Å²) in [6.07, 6.45) is 6.52. The number of hydrogen-bond acceptors (Lipinski definition) is 5. The molecule has 0 bridgehead atoms. The molecule has 7 heteroatoms. The van der Waals surface area contributed by atoms with Gasteiger partial charge in [0.1, 0.15) is 5.75 Å². The van der Waals surface area contributed by atoms with Crippen LogP contribution in [0.2, 0.25) is 0 Å². The predicted octanol–water partition coefficient (Wildman–Crippen LogP) is 4.81. The van der Waals surface area contributed by atoms with Crippen molar-refractivity contribution in [1.82, 2.24) is 4.90 Å². The lowest BCUT2D eigenvalue weighted by Gasteiger charge is -2.37. The largest absolute Gasteiger partial charge is 0.494 e. The lowest BCUT2D eigenvalue weighted by atomic mass is 9.90. The molecule has 2 aromatic carbocycles. The van der Waals surface area contributed by atoms with E-state index in [4.69, 9.17) is 29.3 Å². The maximum absolute atomic E-state index is 9.10. The average Bonchev–Trinajstić information content (AvgIpc) is 2.86. The van der Waals surface area contributed by atoms with Crippen LogP contribution in [0.1, 0.15) is 39.0 Å². The second-order valence-corrected chi connectivity index (χ2v) is 8.47. The number of rotatable bonds is 10. The summed E-state index contributed by atoms with van der Waals surface area (Å²) >= 11 is 0. The first kappa shape index (κ1) is 27.3. The molecule has 1 saturated heterocycles. The number of nitrogens with zero attached hydrogens (tertiary/aromatic N) is 1. The highest BCUT2D eigenvalue weighted by atomic mass is 16.5. The maximum atomic E-state index is 9.10. The Morgan fingerprint density at radius 2 is 1.62 bits per heavy atom. The van der Waals surface area contributed by atoms with Crippen molar-refractivity contribution < 1.29 is 29.3 Å². The molecular formula is C27H37NO6. The maximum Gasteiger partial charge on any atom is 0.414 e. The first-order chi connectivity index (χ1) is 16.4. The van der Waals surface area contributed by atoms with Crippen molar-refractivity contribution in [2.24, 2.45) is 5.92 Å². The van der Waals surface area contributed by atoms with E-state index in [0.717, 1.165) is 25.3 Å². The van der Waals surface area contributed by atoms with E-state index in [1.54, 1.807) is 0 Å². The van der Waals surface area contributed by atoms with Crippen LogP contribution in [0.5, 0.6) is 5.75 Å². The van der Waals surface area contributed by atoms with E-state index >= 15 is 0 Å². The molecule has 0 saturated carbocycles. The van der Waals surface area contributed by atoms with E-state index in [1.807, 2.05) is 13.2 Å². The Morgan fingerprint density at radius 1 is 0.971 bits per heavy atom. The van der Waals surface area contributed by atoms with Crippen molar-refractivity contribution in [3.05, 3.63) is 54.6 Å². The zero-order valence-corrected chi connectivity index (χ0v) is 20.2. The van der Waals surface area contributed by atoms with Crippen LogP contribution in [-0.2, 0) is 14.3 Å². The highest BCUT2D eigenvalue weighted by Crippen LogP contribution is 2.25. The number of carbonyl (C=O) groups is 2. The van der Waals surface area contributed by atoms with Gasteiger partial charge in [0, 0.05) is 13.7 Å². The van der Waals surface area contributed by atoms with E-state index < -0.39 is 11.9 Å². The van der Waals surface area contributed by atoms with Gasteiger partial charge in [-0.25, -0.2) is 9.59 Å². The average molecular weight is 472 g/mol. The molecule has 0 radical (unpaired) electrons. The summed E-state index contributed by atoms with van der Waals surface area (Å²) in [5, 5.41) is 14.8. The molecule has 34 heavy (non-hydrogen) atoms. The van der Waals surface area contributed by atoms with Gasteiger partial charge < -0.3 is 24.6 Å². The molecule has 0 spiro atoms. The molecule has 0 aliphatic carbocycles. The highest BCUT2D eigenvalue weighted by Gasteiger charge is 2.28. The van der Waals surface area contributed by atoms with Crippen molar-refractivity contribution in [2.75, 3.05) is 33.4 Å². The Morgan fingerprint density at radius 3 is 2.21 bits per heavy atom. The molecule has 186 valence electrons. The van der Waals surface area contributed by atoms with Crippen LogP contribution in [0.15, 0.2) is 54.6 Å². The molecule has 0 aromatic heterocycles. The molecule has 1 aliphatic rings. The first-order valence-electron chi connectivity index (χ1n) is 11.9. The van der Waals surface area contributed by atoms with E-state index in [9.17, 15) is 0 Å². The number of benzene rings is 2. The molecule has 0 amide bonds. The highest BCUT2D eigenvalue weighted by molar-refractivity contribution is 6.27. The minimum atomic E-state index is -1.82. The lowest BCUT2D eigenvalue weighted by Crippen LogP contribution is -2.45. The Bertz CT molecular complexity index is 843. The number of aliphatic carboxylic acids is 2. The van der Waals surface area contributed by atoms with Gasteiger partial charge in [0.05, 0.1) is 12.7 Å². The molecule has 2 atom stereocenters. The standard InChI is InChI=1S/C25H35NO2.C2H2O4/c1-3-4-8-17-26-18-15-23(25(20-26)27-2)16-19-28-24-13-11-22(12-14-24)21-9-6-5-7-10-21;3-1(4)2(5)6/h5-7,9-14,23,25H,3-4,8,15-20H2,1-2H3;(H,3,4)(H,5,6)/t23-,25-;/m0./s1. The van der Waals surface area contributed by atoms with Crippen LogP contribution in [0.25, 0.3) is 11.1 Å². The summed E-state index contributed by atoms with van der Waals surface area (Å²) in [6.45, 7) is 6.49. The number of ether oxygens (including phenoxy) is 2. The van der Waals surface area contributed by atoms with Gasteiger partial charge in [0.15, 0.2) is 0 Å². The van der Waals surface area contributed by atoms with Crippen molar-refractivity contribution >= 4 is 11.9 Å². The fraction of sp³-hybridized carbons (Fsp3) is 0.481. The number of carboxylic acids is 2. The summed E-state index contributed by atoms with van der Waals surface area (Å²) in [5.41, 5.74) is 2.46. The SMILES string of the molecule is CCCCCN1CC[C@@H](CCOc2ccc(-c3ccccc3)cc2)[C@@H](OC)C1.O=C(O)C(=O)O. The summed E-state index contributed by atoms with van der Waals surface area (Å²) in [7, 11) is 1.86. The molecule has 3 rings (SSSR count). The summed E-state index contributed by atoms with van der Waals surface area (Å²) in [6, 6.07) is 18.9. The molecule has 1 aliphatic heterocycles. The molecule has 2 aromatic rings. The first-order valence-corrected chi connectivity index (χ1v) is 11.9. The Labute approximate surface area is 202 Å². The third kappa shape index (κ3) is 9.53. The second-order valence-electron chi connectivity index (χ2n) is 8.47. The van der Waals surface area contributed by atoms with Crippen LogP contribution in [0.4, 0.5) is 0 Å². The molecular weight excluding hydrogens is 434 g/mol. The van der Waals surface area contributed by atoms with Crippen LogP contribution in [0.3, 0.4) is 0 Å². The Balaban J connectivity index is 0.000000604. The normalized spacial score (nSPS) is 17.9. The number of carboxylic acid groups (broad SMARTS) is 2. The van der Waals surface area contributed by atoms with E-state index in [2.05, 4.69) is 60.4 Å². The zero-order valence-electron chi connectivity index (χ0n) is 20.2. The second kappa shape index (κ2) is 15.1. The fourth-order valence-electron chi connectivity index (χ4n) is 4.12. The van der Waals surface area contributed by atoms with Gasteiger partial charge in [0.2, 0.25) is 0 Å². The van der Waals surface area contributed by atoms with Gasteiger partial charge in [-0.3, -0.25) is 0 Å². The molecule has 1 fully saturated rings. The third-order valence-corrected chi connectivity index (χ3v) is 6.06. The minimum Gasteiger partial charge on any atom is -0.494 e. The molecule has 0 unspecified atom stereocenters. The Hall–Kier alpha value is -2.90. The van der Waals surface area contributed by atoms with Crippen LogP contribution >= 0.6 is 0 Å². The van der Waals surface area contributed by atoms with Gasteiger partial charge in [-0.05, 0) is 61.5 Å². The van der Waals surface area contributed by atoms with E-state index in [1.165, 1.54) is 49.9 Å². The minimum absolute atomic E-state index is 0.333. The lowest BCUT2D eigenvalue weighted by molar-refractivity contribution is -0.159. The molecule has 1 heterocycles. The Kier molecular flexibility index (Phi) is 12.1. The monoisotopic (exact) mass is 471 g/mol. The van der Waals surface area contributed by atoms with Crippen molar-refractivity contribution in [3.8, 4) is 16.9 Å². The number of unbranched alkanes of at least 4 members (excludes halogenated alkanes) is 2. The van der Waals surface area contributed by atoms with Crippen molar-refractivity contribution in [2.45, 2.75) is 45.1 Å². The number of hydrogen-bond donors (Lipinski definition) is 2. The third-order valence-electron chi connectivity index (χ3n) is 6.06. The quantitative estimate of drug-likeness (QED) is 0.379. The van der Waals surface area contributed by atoms with Crippen molar-refractivity contribution in [1.29, 1.82) is 0 Å². The van der Waals surface area contributed by atoms with Crippen LogP contribution in [-0.4, -0.2) is 66.5 Å². The van der Waals surface area contributed by atoms with Gasteiger partial charge in [-0.15, -0.1) is 0 Å². The van der Waals surface area contributed by atoms with Gasteiger partial charge in [0.25, 0.3) is 0 Å². The predicted molar refractivity (Wildman–Crippen MR) is 132 cm³/mol. The number of methoxy groups -OCH3 is 1. The molecule has 2 N–H and O–H groups in total. The van der Waals surface area contributed by atoms with E-state index in [-0.39, 0.29) is 0 Å².